The number of rotatable bonds is 9. The van der Waals surface area contributed by atoms with E-state index in [2.05, 4.69) is 13.0 Å². The molecule has 4 heteroatoms. The van der Waals surface area contributed by atoms with E-state index in [4.69, 9.17) is 21.1 Å². The molecule has 2 rings (SSSR count). The summed E-state index contributed by atoms with van der Waals surface area (Å²) in [5, 5.41) is 0.799. The van der Waals surface area contributed by atoms with Gasteiger partial charge in [-0.2, -0.15) is 0 Å². The van der Waals surface area contributed by atoms with Crippen molar-refractivity contribution in [2.45, 2.75) is 51.6 Å². The third-order valence-electron chi connectivity index (χ3n) is 4.12. The van der Waals surface area contributed by atoms with Crippen LogP contribution in [0.4, 0.5) is 0 Å². The Kier molecular flexibility index (Phi) is 6.27. The Morgan fingerprint density at radius 3 is 2.86 bits per heavy atom. The lowest BCUT2D eigenvalue weighted by Gasteiger charge is -2.16. The topological polar surface area (TPSA) is 38.8 Å². The molecule has 0 radical (unpaired) electrons. The van der Waals surface area contributed by atoms with E-state index in [0.717, 1.165) is 37.1 Å². The van der Waals surface area contributed by atoms with Crippen LogP contribution >= 0.6 is 11.6 Å². The van der Waals surface area contributed by atoms with Crippen LogP contribution in [0.1, 0.15) is 45.1 Å². The van der Waals surface area contributed by atoms with Gasteiger partial charge >= 0.3 is 5.97 Å². The Balaban J connectivity index is 1.66. The average Bonchev–Trinajstić information content (AvgIpc) is 3.25. The molecule has 2 atom stereocenters. The van der Waals surface area contributed by atoms with Crippen LogP contribution in [0.15, 0.2) is 24.3 Å². The van der Waals surface area contributed by atoms with E-state index in [0.29, 0.717) is 19.1 Å². The van der Waals surface area contributed by atoms with E-state index in [-0.39, 0.29) is 5.97 Å². The number of hydrogen-bond donors (Lipinski definition) is 0. The standard InChI is InChI=1S/C18H25ClO3/c1-3-21-17(20)18(13-22-18)12-14(2)7-4-5-8-15-9-6-10-16(19)11-15/h6,9-11,14H,3-5,7-8,12-13H2,1-2H3. The second kappa shape index (κ2) is 7.98. The lowest BCUT2D eigenvalue weighted by atomic mass is 9.91. The molecule has 1 aliphatic rings. The fourth-order valence-corrected chi connectivity index (χ4v) is 3.06. The molecule has 0 amide bonds. The molecular formula is C18H25ClO3. The quantitative estimate of drug-likeness (QED) is 0.383. The summed E-state index contributed by atoms with van der Waals surface area (Å²) in [5.74, 6) is 0.270. The molecule has 0 saturated carbocycles. The van der Waals surface area contributed by atoms with Crippen LogP contribution in [0, 0.1) is 5.92 Å². The number of ether oxygens (including phenoxy) is 2. The van der Waals surface area contributed by atoms with Gasteiger partial charge in [-0.25, -0.2) is 4.79 Å². The maximum atomic E-state index is 11.8. The normalized spacial score (nSPS) is 21.4. The summed E-state index contributed by atoms with van der Waals surface area (Å²) in [6, 6.07) is 8.04. The third kappa shape index (κ3) is 4.99. The van der Waals surface area contributed by atoms with Gasteiger partial charge in [-0.3, -0.25) is 0 Å². The zero-order valence-electron chi connectivity index (χ0n) is 13.4. The summed E-state index contributed by atoms with van der Waals surface area (Å²) in [6.45, 7) is 4.94. The monoisotopic (exact) mass is 324 g/mol. The lowest BCUT2D eigenvalue weighted by Crippen LogP contribution is -2.29. The highest BCUT2D eigenvalue weighted by molar-refractivity contribution is 6.30. The van der Waals surface area contributed by atoms with Crippen LogP contribution in [-0.4, -0.2) is 24.8 Å². The molecule has 2 unspecified atom stereocenters. The van der Waals surface area contributed by atoms with Gasteiger partial charge in [-0.05, 0) is 49.8 Å². The van der Waals surface area contributed by atoms with Crippen molar-refractivity contribution in [1.29, 1.82) is 0 Å². The van der Waals surface area contributed by atoms with Gasteiger partial charge in [0, 0.05) is 5.02 Å². The average molecular weight is 325 g/mol. The van der Waals surface area contributed by atoms with Gasteiger partial charge in [-0.15, -0.1) is 0 Å². The number of carbonyl (C=O) groups excluding carboxylic acids is 1. The van der Waals surface area contributed by atoms with Crippen molar-refractivity contribution in [3.05, 3.63) is 34.9 Å². The number of benzene rings is 1. The summed E-state index contributed by atoms with van der Waals surface area (Å²) >= 11 is 5.99. The second-order valence-electron chi connectivity index (χ2n) is 6.19. The molecule has 0 bridgehead atoms. The predicted molar refractivity (Wildman–Crippen MR) is 88.1 cm³/mol. The number of esters is 1. The van der Waals surface area contributed by atoms with Crippen LogP contribution in [-0.2, 0) is 20.7 Å². The fourth-order valence-electron chi connectivity index (χ4n) is 2.85. The van der Waals surface area contributed by atoms with Crippen LogP contribution in [0.5, 0.6) is 0 Å². The fraction of sp³-hybridized carbons (Fsp3) is 0.611. The predicted octanol–water partition coefficient (Wildman–Crippen LogP) is 4.41. The Morgan fingerprint density at radius 1 is 1.45 bits per heavy atom. The maximum Gasteiger partial charge on any atom is 0.340 e. The summed E-state index contributed by atoms with van der Waals surface area (Å²) in [7, 11) is 0. The highest BCUT2D eigenvalue weighted by Gasteiger charge is 2.54. The van der Waals surface area contributed by atoms with Gasteiger partial charge in [-0.1, -0.05) is 43.5 Å². The SMILES string of the molecule is CCOC(=O)C1(CC(C)CCCCc2cccc(Cl)c2)CO1. The first-order chi connectivity index (χ1) is 10.6. The van der Waals surface area contributed by atoms with Gasteiger partial charge < -0.3 is 9.47 Å². The van der Waals surface area contributed by atoms with Crippen LogP contribution < -0.4 is 0 Å². The maximum absolute atomic E-state index is 11.8. The number of halogens is 1. The molecule has 0 spiro atoms. The van der Waals surface area contributed by atoms with E-state index in [9.17, 15) is 4.79 Å². The van der Waals surface area contributed by atoms with Crippen molar-refractivity contribution in [1.82, 2.24) is 0 Å². The largest absolute Gasteiger partial charge is 0.464 e. The van der Waals surface area contributed by atoms with Gasteiger partial charge in [0.05, 0.1) is 13.2 Å². The summed E-state index contributed by atoms with van der Waals surface area (Å²) in [6.07, 6.45) is 5.20. The smallest absolute Gasteiger partial charge is 0.340 e. The van der Waals surface area contributed by atoms with E-state index >= 15 is 0 Å². The summed E-state index contributed by atoms with van der Waals surface area (Å²) < 4.78 is 10.5. The van der Waals surface area contributed by atoms with Crippen molar-refractivity contribution in [3.8, 4) is 0 Å². The molecule has 0 N–H and O–H groups in total. The molecule has 0 aliphatic carbocycles. The molecule has 1 heterocycles. The van der Waals surface area contributed by atoms with Crippen LogP contribution in [0.2, 0.25) is 5.02 Å². The van der Waals surface area contributed by atoms with Gasteiger partial charge in [0.15, 0.2) is 5.60 Å². The Bertz CT molecular complexity index is 497. The highest BCUT2D eigenvalue weighted by atomic mass is 35.5. The van der Waals surface area contributed by atoms with Crippen molar-refractivity contribution in [2.75, 3.05) is 13.2 Å². The number of epoxide rings is 1. The van der Waals surface area contributed by atoms with Crippen LogP contribution in [0.3, 0.4) is 0 Å². The summed E-state index contributed by atoms with van der Waals surface area (Å²) in [4.78, 5) is 11.8. The second-order valence-corrected chi connectivity index (χ2v) is 6.62. The van der Waals surface area contributed by atoms with Gasteiger partial charge in [0.1, 0.15) is 0 Å². The molecule has 1 aliphatic heterocycles. The minimum absolute atomic E-state index is 0.194. The highest BCUT2D eigenvalue weighted by Crippen LogP contribution is 2.36. The zero-order chi connectivity index (χ0) is 16.0. The number of aryl methyl sites for hydroxylation is 1. The van der Waals surface area contributed by atoms with Crippen LogP contribution in [0.25, 0.3) is 0 Å². The van der Waals surface area contributed by atoms with E-state index in [1.54, 1.807) is 0 Å². The number of unbranched alkanes of at least 4 members (excludes halogenated alkanes) is 1. The Morgan fingerprint density at radius 2 is 2.23 bits per heavy atom. The van der Waals surface area contributed by atoms with Crippen molar-refractivity contribution >= 4 is 17.6 Å². The number of hydrogen-bond acceptors (Lipinski definition) is 3. The third-order valence-corrected chi connectivity index (χ3v) is 4.35. The molecule has 22 heavy (non-hydrogen) atoms. The van der Waals surface area contributed by atoms with Crippen molar-refractivity contribution in [3.63, 3.8) is 0 Å². The minimum atomic E-state index is -0.637. The minimum Gasteiger partial charge on any atom is -0.464 e. The molecule has 1 aromatic rings. The molecule has 122 valence electrons. The first-order valence-corrected chi connectivity index (χ1v) is 8.49. The van der Waals surface area contributed by atoms with E-state index < -0.39 is 5.60 Å². The van der Waals surface area contributed by atoms with Gasteiger partial charge in [0.2, 0.25) is 0 Å². The molecule has 0 aromatic heterocycles. The number of carbonyl (C=O) groups is 1. The lowest BCUT2D eigenvalue weighted by molar-refractivity contribution is -0.150. The molecular weight excluding hydrogens is 300 g/mol. The molecule has 1 aromatic carbocycles. The zero-order valence-corrected chi connectivity index (χ0v) is 14.2. The summed E-state index contributed by atoms with van der Waals surface area (Å²) in [5.41, 5.74) is 0.649. The molecule has 1 saturated heterocycles. The first-order valence-electron chi connectivity index (χ1n) is 8.11. The van der Waals surface area contributed by atoms with Crippen molar-refractivity contribution < 1.29 is 14.3 Å². The van der Waals surface area contributed by atoms with Gasteiger partial charge in [0.25, 0.3) is 0 Å². The Hall–Kier alpha value is -1.06. The van der Waals surface area contributed by atoms with E-state index in [1.165, 1.54) is 5.56 Å². The van der Waals surface area contributed by atoms with Crippen molar-refractivity contribution in [2.24, 2.45) is 5.92 Å². The Labute approximate surface area is 137 Å². The molecule has 1 fully saturated rings. The van der Waals surface area contributed by atoms with E-state index in [1.807, 2.05) is 25.1 Å². The first kappa shape index (κ1) is 17.3. The molecule has 3 nitrogen and oxygen atoms in total.